The summed E-state index contributed by atoms with van der Waals surface area (Å²) in [6, 6.07) is 13.4. The van der Waals surface area contributed by atoms with Crippen LogP contribution >= 0.6 is 23.1 Å². The van der Waals surface area contributed by atoms with E-state index in [1.807, 2.05) is 47.4 Å². The van der Waals surface area contributed by atoms with Crippen LogP contribution in [0.1, 0.15) is 15.2 Å². The Morgan fingerprint density at radius 3 is 2.69 bits per heavy atom. The molecule has 0 radical (unpaired) electrons. The van der Waals surface area contributed by atoms with Gasteiger partial charge < -0.3 is 14.5 Å². The Hall–Kier alpha value is -2.64. The molecule has 0 spiro atoms. The molecule has 0 aliphatic carbocycles. The monoisotopic (exact) mass is 428 g/mol. The van der Waals surface area contributed by atoms with Crippen LogP contribution in [0.2, 0.25) is 5.02 Å². The van der Waals surface area contributed by atoms with E-state index >= 15 is 0 Å². The van der Waals surface area contributed by atoms with Crippen LogP contribution in [0.4, 0.5) is 5.69 Å². The first-order valence-corrected chi connectivity index (χ1v) is 10.5. The molecule has 2 aromatic carbocycles. The van der Waals surface area contributed by atoms with Crippen molar-refractivity contribution < 1.29 is 9.53 Å². The largest absolute Gasteiger partial charge is 0.497 e. The normalized spacial score (nSPS) is 14.2. The van der Waals surface area contributed by atoms with Crippen molar-refractivity contribution in [3.63, 3.8) is 0 Å². The Morgan fingerprint density at radius 2 is 1.93 bits per heavy atom. The molecule has 1 aliphatic heterocycles. The van der Waals surface area contributed by atoms with Crippen LogP contribution in [0.3, 0.4) is 0 Å². The predicted molar refractivity (Wildman–Crippen MR) is 116 cm³/mol. The van der Waals surface area contributed by atoms with Crippen molar-refractivity contribution in [3.05, 3.63) is 57.9 Å². The van der Waals surface area contributed by atoms with E-state index in [1.165, 1.54) is 5.56 Å². The highest BCUT2D eigenvalue weighted by atomic mass is 35.5. The lowest BCUT2D eigenvalue weighted by atomic mass is 10.1. The van der Waals surface area contributed by atoms with E-state index in [0.717, 1.165) is 46.6 Å². The lowest BCUT2D eigenvalue weighted by Crippen LogP contribution is -2.49. The lowest BCUT2D eigenvalue weighted by molar-refractivity contribution is 0.0752. The van der Waals surface area contributed by atoms with Crippen LogP contribution in [-0.4, -0.2) is 53.7 Å². The van der Waals surface area contributed by atoms with Gasteiger partial charge in [0, 0.05) is 42.5 Å². The summed E-state index contributed by atoms with van der Waals surface area (Å²) in [6.45, 7) is 4.87. The Balaban J connectivity index is 1.50. The Morgan fingerprint density at radius 1 is 1.14 bits per heavy atom. The SMILES string of the molecule is COc1cccc(-c2nnsc2C(=O)N2CCN(c3cc(Cl)ccc3C)CC2)c1. The van der Waals surface area contributed by atoms with Gasteiger partial charge in [-0.2, -0.15) is 0 Å². The molecule has 1 aromatic heterocycles. The van der Waals surface area contributed by atoms with Gasteiger partial charge in [0.25, 0.3) is 5.91 Å². The number of carbonyl (C=O) groups is 1. The minimum absolute atomic E-state index is 0.0275. The third kappa shape index (κ3) is 4.06. The maximum Gasteiger partial charge on any atom is 0.268 e. The number of nitrogens with zero attached hydrogens (tertiary/aromatic N) is 4. The van der Waals surface area contributed by atoms with Crippen molar-refractivity contribution in [2.24, 2.45) is 0 Å². The molecular formula is C21H21ClN4O2S. The summed E-state index contributed by atoms with van der Waals surface area (Å²) in [4.78, 5) is 17.9. The van der Waals surface area contributed by atoms with E-state index < -0.39 is 0 Å². The van der Waals surface area contributed by atoms with Gasteiger partial charge in [-0.05, 0) is 48.3 Å². The minimum atomic E-state index is -0.0275. The van der Waals surface area contributed by atoms with Gasteiger partial charge in [0.05, 0.1) is 7.11 Å². The molecule has 0 atom stereocenters. The number of rotatable bonds is 4. The number of anilines is 1. The maximum atomic E-state index is 13.2. The smallest absolute Gasteiger partial charge is 0.268 e. The Labute approximate surface area is 178 Å². The number of carbonyl (C=O) groups excluding carboxylic acids is 1. The molecule has 29 heavy (non-hydrogen) atoms. The summed E-state index contributed by atoms with van der Waals surface area (Å²) in [7, 11) is 1.62. The van der Waals surface area contributed by atoms with E-state index in [0.29, 0.717) is 23.7 Å². The van der Waals surface area contributed by atoms with Crippen molar-refractivity contribution in [1.82, 2.24) is 14.5 Å². The first kappa shape index (κ1) is 19.7. The molecular weight excluding hydrogens is 408 g/mol. The van der Waals surface area contributed by atoms with Gasteiger partial charge >= 0.3 is 0 Å². The van der Waals surface area contributed by atoms with Gasteiger partial charge in [0.1, 0.15) is 16.3 Å². The lowest BCUT2D eigenvalue weighted by Gasteiger charge is -2.36. The zero-order chi connectivity index (χ0) is 20.4. The fraction of sp³-hybridized carbons (Fsp3) is 0.286. The molecule has 0 unspecified atom stereocenters. The summed E-state index contributed by atoms with van der Waals surface area (Å²) < 4.78 is 9.32. The molecule has 0 bridgehead atoms. The van der Waals surface area contributed by atoms with Crippen molar-refractivity contribution in [2.75, 3.05) is 38.2 Å². The molecule has 1 aliphatic rings. The second-order valence-electron chi connectivity index (χ2n) is 6.89. The van der Waals surface area contributed by atoms with Crippen LogP contribution in [-0.2, 0) is 0 Å². The quantitative estimate of drug-likeness (QED) is 0.625. The Bertz CT molecular complexity index is 1030. The fourth-order valence-electron chi connectivity index (χ4n) is 3.51. The molecule has 1 saturated heterocycles. The van der Waals surface area contributed by atoms with Crippen molar-refractivity contribution in [3.8, 4) is 17.0 Å². The van der Waals surface area contributed by atoms with E-state index in [2.05, 4.69) is 21.4 Å². The zero-order valence-electron chi connectivity index (χ0n) is 16.3. The summed E-state index contributed by atoms with van der Waals surface area (Å²) in [5.74, 6) is 0.694. The molecule has 2 heterocycles. The summed E-state index contributed by atoms with van der Waals surface area (Å²) >= 11 is 7.30. The average Bonchev–Trinajstić information content (AvgIpc) is 3.25. The molecule has 150 valence electrons. The van der Waals surface area contributed by atoms with Gasteiger partial charge in [-0.3, -0.25) is 4.79 Å². The number of hydrogen-bond donors (Lipinski definition) is 0. The van der Waals surface area contributed by atoms with Gasteiger partial charge in [-0.15, -0.1) is 5.10 Å². The second-order valence-corrected chi connectivity index (χ2v) is 8.08. The van der Waals surface area contributed by atoms with Crippen LogP contribution in [0.15, 0.2) is 42.5 Å². The predicted octanol–water partition coefficient (Wildman–Crippen LogP) is 4.14. The zero-order valence-corrected chi connectivity index (χ0v) is 17.8. The van der Waals surface area contributed by atoms with Crippen LogP contribution in [0.25, 0.3) is 11.3 Å². The van der Waals surface area contributed by atoms with Crippen LogP contribution in [0, 0.1) is 6.92 Å². The number of aromatic nitrogens is 2. The molecule has 0 saturated carbocycles. The number of ether oxygens (including phenoxy) is 1. The number of benzene rings is 2. The number of amides is 1. The van der Waals surface area contributed by atoms with Gasteiger partial charge in [-0.1, -0.05) is 34.3 Å². The number of aryl methyl sites for hydroxylation is 1. The van der Waals surface area contributed by atoms with E-state index in [4.69, 9.17) is 16.3 Å². The molecule has 8 heteroatoms. The van der Waals surface area contributed by atoms with E-state index in [-0.39, 0.29) is 5.91 Å². The van der Waals surface area contributed by atoms with Gasteiger partial charge in [0.15, 0.2) is 0 Å². The van der Waals surface area contributed by atoms with Gasteiger partial charge in [0.2, 0.25) is 0 Å². The molecule has 6 nitrogen and oxygen atoms in total. The number of halogens is 1. The second kappa shape index (κ2) is 8.39. The highest BCUT2D eigenvalue weighted by Gasteiger charge is 2.27. The number of piperazine rings is 1. The van der Waals surface area contributed by atoms with Crippen molar-refractivity contribution in [2.45, 2.75) is 6.92 Å². The van der Waals surface area contributed by atoms with E-state index in [9.17, 15) is 4.79 Å². The third-order valence-corrected chi connectivity index (χ3v) is 6.05. The minimum Gasteiger partial charge on any atom is -0.497 e. The summed E-state index contributed by atoms with van der Waals surface area (Å²) in [5.41, 5.74) is 3.74. The van der Waals surface area contributed by atoms with Crippen LogP contribution in [0.5, 0.6) is 5.75 Å². The van der Waals surface area contributed by atoms with Crippen molar-refractivity contribution in [1.29, 1.82) is 0 Å². The maximum absolute atomic E-state index is 13.2. The molecule has 1 fully saturated rings. The molecule has 3 aromatic rings. The van der Waals surface area contributed by atoms with Crippen molar-refractivity contribution >= 4 is 34.7 Å². The average molecular weight is 429 g/mol. The third-order valence-electron chi connectivity index (χ3n) is 5.10. The summed E-state index contributed by atoms with van der Waals surface area (Å²) in [5, 5.41) is 4.93. The van der Waals surface area contributed by atoms with E-state index in [1.54, 1.807) is 7.11 Å². The first-order valence-electron chi connectivity index (χ1n) is 9.34. The first-order chi connectivity index (χ1) is 14.1. The van der Waals surface area contributed by atoms with Crippen LogP contribution < -0.4 is 9.64 Å². The fourth-order valence-corrected chi connectivity index (χ4v) is 4.33. The molecule has 4 rings (SSSR count). The van der Waals surface area contributed by atoms with Gasteiger partial charge in [-0.25, -0.2) is 0 Å². The Kier molecular flexibility index (Phi) is 5.69. The number of methoxy groups -OCH3 is 1. The molecule has 1 amide bonds. The standard InChI is InChI=1S/C21H21ClN4O2S/c1-14-6-7-16(22)13-18(14)25-8-10-26(11-9-25)21(27)20-19(23-24-29-20)15-4-3-5-17(12-15)28-2/h3-7,12-13H,8-11H2,1-2H3. The topological polar surface area (TPSA) is 58.6 Å². The number of hydrogen-bond acceptors (Lipinski definition) is 6. The highest BCUT2D eigenvalue weighted by molar-refractivity contribution is 7.08. The highest BCUT2D eigenvalue weighted by Crippen LogP contribution is 2.29. The summed E-state index contributed by atoms with van der Waals surface area (Å²) in [6.07, 6.45) is 0. The molecule has 0 N–H and O–H groups in total.